The van der Waals surface area contributed by atoms with Crippen molar-refractivity contribution in [2.75, 3.05) is 18.4 Å². The van der Waals surface area contributed by atoms with E-state index in [1.165, 1.54) is 5.56 Å². The van der Waals surface area contributed by atoms with Crippen LogP contribution in [0, 0.1) is 13.8 Å². The van der Waals surface area contributed by atoms with Crippen molar-refractivity contribution in [1.82, 2.24) is 9.88 Å². The maximum Gasteiger partial charge on any atom is 0.257 e. The fraction of sp³-hybridized carbons (Fsp3) is 0.259. The van der Waals surface area contributed by atoms with E-state index in [4.69, 9.17) is 23.2 Å². The molecule has 0 unspecified atom stereocenters. The van der Waals surface area contributed by atoms with Gasteiger partial charge in [-0.2, -0.15) is 0 Å². The number of halogens is 2. The second-order valence-corrected chi connectivity index (χ2v) is 9.37. The van der Waals surface area contributed by atoms with Gasteiger partial charge in [0.2, 0.25) is 0 Å². The normalized spacial score (nSPS) is 14.2. The van der Waals surface area contributed by atoms with Crippen LogP contribution in [-0.2, 0) is 0 Å². The Labute approximate surface area is 205 Å². The van der Waals surface area contributed by atoms with E-state index in [1.807, 2.05) is 44.2 Å². The van der Waals surface area contributed by atoms with Crippen LogP contribution in [0.4, 0.5) is 5.69 Å². The van der Waals surface area contributed by atoms with Gasteiger partial charge in [-0.25, -0.2) is 0 Å². The number of benzene rings is 2. The van der Waals surface area contributed by atoms with E-state index in [0.717, 1.165) is 54.1 Å². The van der Waals surface area contributed by atoms with Crippen LogP contribution in [-0.4, -0.2) is 28.9 Å². The molecule has 4 nitrogen and oxygen atoms in total. The molecule has 0 saturated carbocycles. The summed E-state index contributed by atoms with van der Waals surface area (Å²) in [5.41, 5.74) is 6.40. The highest BCUT2D eigenvalue weighted by molar-refractivity contribution is 6.42. The Morgan fingerprint density at radius 3 is 2.39 bits per heavy atom. The van der Waals surface area contributed by atoms with E-state index in [2.05, 4.69) is 33.9 Å². The molecule has 2 heterocycles. The van der Waals surface area contributed by atoms with Crippen molar-refractivity contribution in [3.63, 3.8) is 0 Å². The fourth-order valence-electron chi connectivity index (χ4n) is 4.16. The highest BCUT2D eigenvalue weighted by Crippen LogP contribution is 2.34. The maximum atomic E-state index is 12.7. The van der Waals surface area contributed by atoms with E-state index in [1.54, 1.807) is 12.3 Å². The van der Waals surface area contributed by atoms with Crippen LogP contribution in [0.1, 0.15) is 51.5 Å². The zero-order chi connectivity index (χ0) is 23.5. The number of amides is 1. The molecule has 1 fully saturated rings. The van der Waals surface area contributed by atoms with E-state index in [-0.39, 0.29) is 5.91 Å². The molecule has 170 valence electrons. The standard InChI is InChI=1S/C27H27Cl2N3O/c1-17-4-6-21(15-26(17)31-27(33)23-7-5-18(2)30-16-23)19(3)32-12-10-20(11-13-32)22-8-9-24(28)25(29)14-22/h4-9,14-16,20H,3,10-13H2,1-2H3,(H,31,33). The first-order valence-corrected chi connectivity index (χ1v) is 11.8. The predicted octanol–water partition coefficient (Wildman–Crippen LogP) is 7.11. The highest BCUT2D eigenvalue weighted by atomic mass is 35.5. The van der Waals surface area contributed by atoms with Crippen LogP contribution in [0.25, 0.3) is 5.70 Å². The molecule has 0 spiro atoms. The number of nitrogens with zero attached hydrogens (tertiary/aromatic N) is 2. The van der Waals surface area contributed by atoms with Gasteiger partial charge in [0.15, 0.2) is 0 Å². The summed E-state index contributed by atoms with van der Waals surface area (Å²) in [5, 5.41) is 4.22. The molecule has 1 N–H and O–H groups in total. The molecule has 1 aliphatic heterocycles. The van der Waals surface area contributed by atoms with Crippen LogP contribution < -0.4 is 5.32 Å². The Balaban J connectivity index is 1.43. The van der Waals surface area contributed by atoms with Gasteiger partial charge in [-0.3, -0.25) is 9.78 Å². The summed E-state index contributed by atoms with van der Waals surface area (Å²) in [6.45, 7) is 10.1. The van der Waals surface area contributed by atoms with Gasteiger partial charge in [0.05, 0.1) is 15.6 Å². The molecule has 2 aromatic carbocycles. The van der Waals surface area contributed by atoms with Gasteiger partial charge in [-0.1, -0.05) is 48.0 Å². The van der Waals surface area contributed by atoms with E-state index >= 15 is 0 Å². The van der Waals surface area contributed by atoms with Crippen molar-refractivity contribution in [2.24, 2.45) is 0 Å². The van der Waals surface area contributed by atoms with Crippen molar-refractivity contribution in [3.8, 4) is 0 Å². The number of aryl methyl sites for hydroxylation is 2. The number of anilines is 1. The summed E-state index contributed by atoms with van der Waals surface area (Å²) < 4.78 is 0. The van der Waals surface area contributed by atoms with Gasteiger partial charge in [0.25, 0.3) is 5.91 Å². The molecule has 3 aromatic rings. The molecule has 0 bridgehead atoms. The minimum Gasteiger partial charge on any atom is -0.371 e. The lowest BCUT2D eigenvalue weighted by Gasteiger charge is -2.35. The lowest BCUT2D eigenvalue weighted by molar-refractivity contribution is 0.102. The van der Waals surface area contributed by atoms with Crippen molar-refractivity contribution in [2.45, 2.75) is 32.6 Å². The van der Waals surface area contributed by atoms with Crippen LogP contribution in [0.3, 0.4) is 0 Å². The highest BCUT2D eigenvalue weighted by Gasteiger charge is 2.23. The summed E-state index contributed by atoms with van der Waals surface area (Å²) in [5.74, 6) is 0.288. The van der Waals surface area contributed by atoms with Gasteiger partial charge in [0.1, 0.15) is 0 Å². The summed E-state index contributed by atoms with van der Waals surface area (Å²) in [6, 6.07) is 15.6. The number of likely N-dealkylation sites (tertiary alicyclic amines) is 1. The zero-order valence-corrected chi connectivity index (χ0v) is 20.4. The Hall–Kier alpha value is -2.82. The minimum atomic E-state index is -0.171. The van der Waals surface area contributed by atoms with Crippen LogP contribution in [0.2, 0.25) is 10.0 Å². The van der Waals surface area contributed by atoms with E-state index < -0.39 is 0 Å². The minimum absolute atomic E-state index is 0.171. The quantitative estimate of drug-likeness (QED) is 0.423. The Morgan fingerprint density at radius 2 is 1.73 bits per heavy atom. The van der Waals surface area contributed by atoms with Crippen molar-refractivity contribution >= 4 is 40.5 Å². The fourth-order valence-corrected chi connectivity index (χ4v) is 4.47. The Kier molecular flexibility index (Phi) is 7.06. The van der Waals surface area contributed by atoms with Crippen LogP contribution in [0.15, 0.2) is 61.3 Å². The Morgan fingerprint density at radius 1 is 1.00 bits per heavy atom. The first kappa shape index (κ1) is 23.3. The third-order valence-electron chi connectivity index (χ3n) is 6.28. The van der Waals surface area contributed by atoms with Crippen LogP contribution in [0.5, 0.6) is 0 Å². The number of hydrogen-bond acceptors (Lipinski definition) is 3. The smallest absolute Gasteiger partial charge is 0.257 e. The zero-order valence-electron chi connectivity index (χ0n) is 18.9. The van der Waals surface area contributed by atoms with Gasteiger partial charge in [-0.15, -0.1) is 0 Å². The average molecular weight is 480 g/mol. The molecule has 1 aliphatic rings. The first-order valence-electron chi connectivity index (χ1n) is 11.1. The SMILES string of the molecule is C=C(c1ccc(C)c(NC(=O)c2ccc(C)nc2)c1)N1CCC(c2ccc(Cl)c(Cl)c2)CC1. The van der Waals surface area contributed by atoms with Crippen molar-refractivity contribution < 1.29 is 4.79 Å². The third kappa shape index (κ3) is 5.40. The van der Waals surface area contributed by atoms with E-state index in [9.17, 15) is 4.79 Å². The number of pyridine rings is 1. The summed E-state index contributed by atoms with van der Waals surface area (Å²) in [7, 11) is 0. The van der Waals surface area contributed by atoms with Crippen molar-refractivity contribution in [1.29, 1.82) is 0 Å². The molecular formula is C27H27Cl2N3O. The molecule has 1 saturated heterocycles. The Bertz CT molecular complexity index is 1180. The molecule has 1 amide bonds. The monoisotopic (exact) mass is 479 g/mol. The van der Waals surface area contributed by atoms with Gasteiger partial charge < -0.3 is 10.2 Å². The second kappa shape index (κ2) is 9.98. The molecule has 0 atom stereocenters. The molecule has 1 aromatic heterocycles. The number of piperidine rings is 1. The summed E-state index contributed by atoms with van der Waals surface area (Å²) in [4.78, 5) is 19.2. The largest absolute Gasteiger partial charge is 0.371 e. The number of nitrogens with one attached hydrogen (secondary N) is 1. The predicted molar refractivity (Wildman–Crippen MR) is 137 cm³/mol. The molecule has 6 heteroatoms. The maximum absolute atomic E-state index is 12.7. The second-order valence-electron chi connectivity index (χ2n) is 8.55. The molecule has 4 rings (SSSR count). The average Bonchev–Trinajstić information content (AvgIpc) is 2.82. The molecular weight excluding hydrogens is 453 g/mol. The third-order valence-corrected chi connectivity index (χ3v) is 7.02. The first-order chi connectivity index (χ1) is 15.8. The molecule has 0 radical (unpaired) electrons. The molecule has 33 heavy (non-hydrogen) atoms. The summed E-state index contributed by atoms with van der Waals surface area (Å²) >= 11 is 12.3. The number of hydrogen-bond donors (Lipinski definition) is 1. The lowest BCUT2D eigenvalue weighted by Crippen LogP contribution is -2.31. The summed E-state index contributed by atoms with van der Waals surface area (Å²) in [6.07, 6.45) is 3.64. The van der Waals surface area contributed by atoms with Gasteiger partial charge >= 0.3 is 0 Å². The van der Waals surface area contributed by atoms with Gasteiger partial charge in [-0.05, 0) is 79.6 Å². The number of carbonyl (C=O) groups excluding carboxylic acids is 1. The lowest BCUT2D eigenvalue weighted by atomic mass is 9.89. The van der Waals surface area contributed by atoms with E-state index in [0.29, 0.717) is 21.5 Å². The molecule has 0 aliphatic carbocycles. The van der Waals surface area contributed by atoms with Crippen LogP contribution >= 0.6 is 23.2 Å². The van der Waals surface area contributed by atoms with Crippen molar-refractivity contribution in [3.05, 3.63) is 99.3 Å². The number of aromatic nitrogens is 1. The topological polar surface area (TPSA) is 45.2 Å². The number of rotatable bonds is 5. The van der Waals surface area contributed by atoms with Gasteiger partial charge in [0, 0.05) is 36.4 Å². The number of carbonyl (C=O) groups is 1.